The van der Waals surface area contributed by atoms with Crippen LogP contribution in [0.2, 0.25) is 0 Å². The van der Waals surface area contributed by atoms with Crippen LogP contribution in [-0.2, 0) is 17.6 Å². The Hall–Kier alpha value is -2.10. The Morgan fingerprint density at radius 1 is 1.28 bits per heavy atom. The molecule has 1 N–H and O–H groups in total. The third-order valence-electron chi connectivity index (χ3n) is 2.92. The van der Waals surface area contributed by atoms with Gasteiger partial charge in [-0.15, -0.1) is 0 Å². The predicted octanol–water partition coefficient (Wildman–Crippen LogP) is 2.47. The highest BCUT2D eigenvalue weighted by atomic mass is 16.5. The number of carbonyl (C=O) groups is 1. The number of carboxylic acids is 1. The largest absolute Gasteiger partial charge is 0.481 e. The van der Waals surface area contributed by atoms with Crippen molar-refractivity contribution in [3.05, 3.63) is 53.4 Å². The van der Waals surface area contributed by atoms with Crippen LogP contribution >= 0.6 is 0 Å². The Morgan fingerprint density at radius 3 is 2.50 bits per heavy atom. The normalized spacial score (nSPS) is 12.3. The van der Waals surface area contributed by atoms with Crippen molar-refractivity contribution >= 4 is 5.97 Å². The lowest BCUT2D eigenvalue weighted by molar-refractivity contribution is -0.141. The summed E-state index contributed by atoms with van der Waals surface area (Å²) in [5.74, 6) is -1.25. The van der Waals surface area contributed by atoms with E-state index in [9.17, 15) is 9.90 Å². The molecule has 1 heterocycles. The Bertz CT molecular complexity index is 502. The van der Waals surface area contributed by atoms with E-state index in [1.807, 2.05) is 31.2 Å². The van der Waals surface area contributed by atoms with Crippen molar-refractivity contribution in [2.24, 2.45) is 5.92 Å². The number of carboxylic acid groups (broad SMARTS) is 1. The summed E-state index contributed by atoms with van der Waals surface area (Å²) >= 11 is 0. The topological polar surface area (TPSA) is 63.3 Å². The molecule has 0 aliphatic rings. The van der Waals surface area contributed by atoms with Gasteiger partial charge in [0, 0.05) is 5.56 Å². The van der Waals surface area contributed by atoms with Crippen LogP contribution in [0.25, 0.3) is 0 Å². The van der Waals surface area contributed by atoms with Gasteiger partial charge in [0.15, 0.2) is 0 Å². The molecule has 4 nitrogen and oxygen atoms in total. The second-order valence-corrected chi connectivity index (χ2v) is 4.46. The van der Waals surface area contributed by atoms with Crippen LogP contribution in [0.5, 0.6) is 0 Å². The molecule has 0 aliphatic heterocycles. The van der Waals surface area contributed by atoms with E-state index in [4.69, 9.17) is 4.52 Å². The Morgan fingerprint density at radius 2 is 1.94 bits per heavy atom. The van der Waals surface area contributed by atoms with E-state index >= 15 is 0 Å². The standard InChI is InChI=1S/C14H15NO3/c1-10-2-4-11(5-3-10)6-13(14(16)17)7-12-8-15-18-9-12/h2-5,8-9,13H,6-7H2,1H3,(H,16,17). The van der Waals surface area contributed by atoms with Gasteiger partial charge >= 0.3 is 5.97 Å². The molecule has 2 rings (SSSR count). The second kappa shape index (κ2) is 5.49. The maximum Gasteiger partial charge on any atom is 0.307 e. The van der Waals surface area contributed by atoms with E-state index in [0.717, 1.165) is 11.1 Å². The van der Waals surface area contributed by atoms with E-state index in [-0.39, 0.29) is 0 Å². The van der Waals surface area contributed by atoms with E-state index < -0.39 is 11.9 Å². The summed E-state index contributed by atoms with van der Waals surface area (Å²) in [5, 5.41) is 12.8. The molecule has 1 atom stereocenters. The fraction of sp³-hybridized carbons (Fsp3) is 0.286. The molecule has 0 bridgehead atoms. The quantitative estimate of drug-likeness (QED) is 0.878. The molecule has 0 saturated heterocycles. The van der Waals surface area contributed by atoms with Gasteiger partial charge in [0.1, 0.15) is 6.26 Å². The van der Waals surface area contributed by atoms with Crippen molar-refractivity contribution in [3.63, 3.8) is 0 Å². The Balaban J connectivity index is 2.06. The summed E-state index contributed by atoms with van der Waals surface area (Å²) < 4.78 is 4.72. The van der Waals surface area contributed by atoms with Crippen LogP contribution in [-0.4, -0.2) is 16.2 Å². The molecule has 0 fully saturated rings. The zero-order valence-electron chi connectivity index (χ0n) is 10.2. The first-order valence-corrected chi connectivity index (χ1v) is 5.82. The zero-order chi connectivity index (χ0) is 13.0. The lowest BCUT2D eigenvalue weighted by Crippen LogP contribution is -2.18. The molecule has 0 spiro atoms. The van der Waals surface area contributed by atoms with Crippen LogP contribution in [0.3, 0.4) is 0 Å². The molecule has 94 valence electrons. The molecular formula is C14H15NO3. The van der Waals surface area contributed by atoms with Gasteiger partial charge < -0.3 is 9.63 Å². The van der Waals surface area contributed by atoms with Crippen LogP contribution in [0, 0.1) is 12.8 Å². The molecule has 2 aromatic rings. The van der Waals surface area contributed by atoms with Gasteiger partial charge in [-0.2, -0.15) is 0 Å². The van der Waals surface area contributed by atoms with Gasteiger partial charge in [-0.3, -0.25) is 4.79 Å². The minimum Gasteiger partial charge on any atom is -0.481 e. The average Bonchev–Trinajstić information content (AvgIpc) is 2.84. The number of nitrogens with zero attached hydrogens (tertiary/aromatic N) is 1. The minimum atomic E-state index is -0.795. The molecule has 0 amide bonds. The minimum absolute atomic E-state index is 0.437. The molecule has 1 aromatic heterocycles. The number of hydrogen-bond donors (Lipinski definition) is 1. The van der Waals surface area contributed by atoms with Gasteiger partial charge in [0.05, 0.1) is 12.1 Å². The first kappa shape index (κ1) is 12.4. The number of aromatic nitrogens is 1. The van der Waals surface area contributed by atoms with Gasteiger partial charge in [0.2, 0.25) is 0 Å². The van der Waals surface area contributed by atoms with Crippen molar-refractivity contribution in [2.45, 2.75) is 19.8 Å². The lowest BCUT2D eigenvalue weighted by atomic mass is 9.93. The summed E-state index contributed by atoms with van der Waals surface area (Å²) in [4.78, 5) is 11.2. The van der Waals surface area contributed by atoms with Crippen molar-refractivity contribution < 1.29 is 14.4 Å². The van der Waals surface area contributed by atoms with Crippen LogP contribution in [0.4, 0.5) is 0 Å². The summed E-state index contributed by atoms with van der Waals surface area (Å²) in [7, 11) is 0. The van der Waals surface area contributed by atoms with Crippen LogP contribution in [0.1, 0.15) is 16.7 Å². The maximum absolute atomic E-state index is 11.2. The molecule has 0 radical (unpaired) electrons. The van der Waals surface area contributed by atoms with Crippen molar-refractivity contribution in [2.75, 3.05) is 0 Å². The number of aryl methyl sites for hydroxylation is 1. The molecule has 4 heteroatoms. The van der Waals surface area contributed by atoms with Crippen molar-refractivity contribution in [3.8, 4) is 0 Å². The molecule has 0 saturated carbocycles. The highest BCUT2D eigenvalue weighted by Gasteiger charge is 2.19. The molecule has 18 heavy (non-hydrogen) atoms. The van der Waals surface area contributed by atoms with E-state index in [2.05, 4.69) is 5.16 Å². The third-order valence-corrected chi connectivity index (χ3v) is 2.92. The predicted molar refractivity (Wildman–Crippen MR) is 66.2 cm³/mol. The molecule has 0 aliphatic carbocycles. The highest BCUT2D eigenvalue weighted by molar-refractivity contribution is 5.70. The SMILES string of the molecule is Cc1ccc(CC(Cc2cnoc2)C(=O)O)cc1. The smallest absolute Gasteiger partial charge is 0.307 e. The maximum atomic E-state index is 11.2. The lowest BCUT2D eigenvalue weighted by Gasteiger charge is -2.11. The molecule has 1 unspecified atom stereocenters. The van der Waals surface area contributed by atoms with E-state index in [1.54, 1.807) is 6.20 Å². The fourth-order valence-corrected chi connectivity index (χ4v) is 1.87. The van der Waals surface area contributed by atoms with E-state index in [0.29, 0.717) is 12.8 Å². The Labute approximate surface area is 105 Å². The summed E-state index contributed by atoms with van der Waals surface area (Å²) in [6.45, 7) is 2.01. The third kappa shape index (κ3) is 3.20. The first-order chi connectivity index (χ1) is 8.65. The Kier molecular flexibility index (Phi) is 3.77. The highest BCUT2D eigenvalue weighted by Crippen LogP contribution is 2.15. The number of benzene rings is 1. The fourth-order valence-electron chi connectivity index (χ4n) is 1.87. The van der Waals surface area contributed by atoms with Gasteiger partial charge in [0.25, 0.3) is 0 Å². The summed E-state index contributed by atoms with van der Waals surface area (Å²) in [5.41, 5.74) is 3.02. The van der Waals surface area contributed by atoms with Gasteiger partial charge in [-0.05, 0) is 25.3 Å². The van der Waals surface area contributed by atoms with E-state index in [1.165, 1.54) is 11.8 Å². The number of aliphatic carboxylic acids is 1. The monoisotopic (exact) mass is 245 g/mol. The average molecular weight is 245 g/mol. The number of hydrogen-bond acceptors (Lipinski definition) is 3. The summed E-state index contributed by atoms with van der Waals surface area (Å²) in [6.07, 6.45) is 4.00. The first-order valence-electron chi connectivity index (χ1n) is 5.82. The zero-order valence-corrected chi connectivity index (χ0v) is 10.2. The number of rotatable bonds is 5. The van der Waals surface area contributed by atoms with Gasteiger partial charge in [-0.25, -0.2) is 0 Å². The van der Waals surface area contributed by atoms with Crippen LogP contribution in [0.15, 0.2) is 41.2 Å². The van der Waals surface area contributed by atoms with Gasteiger partial charge in [-0.1, -0.05) is 35.0 Å². The van der Waals surface area contributed by atoms with Crippen molar-refractivity contribution in [1.29, 1.82) is 0 Å². The molecule has 1 aromatic carbocycles. The van der Waals surface area contributed by atoms with Crippen LogP contribution < -0.4 is 0 Å². The second-order valence-electron chi connectivity index (χ2n) is 4.46. The summed E-state index contributed by atoms with van der Waals surface area (Å²) in [6, 6.07) is 7.93. The molecular weight excluding hydrogens is 230 g/mol. The van der Waals surface area contributed by atoms with Crippen molar-refractivity contribution in [1.82, 2.24) is 5.16 Å².